The van der Waals surface area contributed by atoms with Crippen LogP contribution in [-0.2, 0) is 15.3 Å². The van der Waals surface area contributed by atoms with Gasteiger partial charge in [-0.2, -0.15) is 0 Å². The van der Waals surface area contributed by atoms with Crippen LogP contribution in [0.25, 0.3) is 22.4 Å². The van der Waals surface area contributed by atoms with Gasteiger partial charge in [-0.25, -0.2) is 0 Å². The van der Waals surface area contributed by atoms with E-state index in [1.54, 1.807) is 0 Å². The van der Waals surface area contributed by atoms with Crippen molar-refractivity contribution in [3.05, 3.63) is 81.3 Å². The zero-order chi connectivity index (χ0) is 26.5. The Bertz CT molecular complexity index is 1310. The van der Waals surface area contributed by atoms with Crippen LogP contribution in [0.4, 0.5) is 0 Å². The highest BCUT2D eigenvalue weighted by Gasteiger charge is 2.38. The van der Waals surface area contributed by atoms with Crippen molar-refractivity contribution in [2.75, 3.05) is 6.61 Å². The molecule has 0 aliphatic heterocycles. The number of benzene rings is 3. The summed E-state index contributed by atoms with van der Waals surface area (Å²) in [5.41, 5.74) is 7.13. The van der Waals surface area contributed by atoms with E-state index in [0.717, 1.165) is 4.47 Å². The fraction of sp³-hybridized carbons (Fsp3) is 0.455. The molecule has 3 aromatic rings. The quantitative estimate of drug-likeness (QED) is 0.222. The highest BCUT2D eigenvalue weighted by atomic mass is 79.9. The molecule has 0 amide bonds. The number of hydrogen-bond donors (Lipinski definition) is 0. The van der Waals surface area contributed by atoms with Crippen LogP contribution < -0.4 is 0 Å². The maximum Gasteiger partial charge on any atom is 0.192 e. The highest BCUT2D eigenvalue weighted by Crippen LogP contribution is 2.47. The molecule has 0 saturated carbocycles. The molecule has 4 rings (SSSR count). The van der Waals surface area contributed by atoms with Crippen molar-refractivity contribution in [1.82, 2.24) is 0 Å². The molecule has 0 heterocycles. The molecule has 1 nitrogen and oxygen atoms in total. The van der Waals surface area contributed by atoms with Gasteiger partial charge in [0, 0.05) is 4.47 Å². The lowest BCUT2D eigenvalue weighted by molar-refractivity contribution is 0.332. The monoisotopic (exact) mass is 562 g/mol. The Morgan fingerprint density at radius 1 is 0.889 bits per heavy atom. The molecule has 0 spiro atoms. The van der Waals surface area contributed by atoms with Gasteiger partial charge in [-0.3, -0.25) is 0 Å². The van der Waals surface area contributed by atoms with Crippen LogP contribution in [0.1, 0.15) is 83.6 Å². The van der Waals surface area contributed by atoms with Gasteiger partial charge in [-0.1, -0.05) is 101 Å². The number of rotatable bonds is 5. The van der Waals surface area contributed by atoms with Gasteiger partial charge >= 0.3 is 0 Å². The van der Waals surface area contributed by atoms with Crippen molar-refractivity contribution < 1.29 is 4.43 Å². The Kier molecular flexibility index (Phi) is 7.27. The molecule has 36 heavy (non-hydrogen) atoms. The molecule has 0 N–H and O–H groups in total. The molecule has 192 valence electrons. The third kappa shape index (κ3) is 5.59. The van der Waals surface area contributed by atoms with Gasteiger partial charge in [-0.05, 0) is 105 Å². The maximum absolute atomic E-state index is 6.69. The van der Waals surface area contributed by atoms with E-state index in [4.69, 9.17) is 4.43 Å². The second kappa shape index (κ2) is 9.56. The molecule has 0 radical (unpaired) electrons. The summed E-state index contributed by atoms with van der Waals surface area (Å²) in [6, 6.07) is 20.4. The van der Waals surface area contributed by atoms with Crippen LogP contribution in [0.3, 0.4) is 0 Å². The van der Waals surface area contributed by atoms with E-state index in [1.807, 2.05) is 0 Å². The van der Waals surface area contributed by atoms with Crippen molar-refractivity contribution in [2.24, 2.45) is 0 Å². The molecular weight excluding hydrogens is 520 g/mol. The average molecular weight is 564 g/mol. The average Bonchev–Trinajstić information content (AvgIpc) is 2.78. The van der Waals surface area contributed by atoms with E-state index >= 15 is 0 Å². The molecule has 0 fully saturated rings. The highest BCUT2D eigenvalue weighted by molar-refractivity contribution is 9.10. The van der Waals surface area contributed by atoms with Gasteiger partial charge in [0.1, 0.15) is 0 Å². The summed E-state index contributed by atoms with van der Waals surface area (Å²) in [6.07, 6.45) is 4.79. The molecule has 0 saturated heterocycles. The van der Waals surface area contributed by atoms with E-state index in [2.05, 4.69) is 138 Å². The maximum atomic E-state index is 6.69. The van der Waals surface area contributed by atoms with Crippen molar-refractivity contribution >= 4 is 46.7 Å². The zero-order valence-electron chi connectivity index (χ0n) is 23.7. The van der Waals surface area contributed by atoms with Gasteiger partial charge in [-0.15, -0.1) is 0 Å². The molecular formula is C33H43BrOSi. The van der Waals surface area contributed by atoms with Crippen LogP contribution in [0.15, 0.2) is 59.1 Å². The molecule has 0 atom stereocenters. The lowest BCUT2D eigenvalue weighted by atomic mass is 9.63. The fourth-order valence-corrected chi connectivity index (χ4v) is 6.34. The first kappa shape index (κ1) is 27.4. The predicted octanol–water partition coefficient (Wildman–Crippen LogP) is 10.5. The lowest BCUT2D eigenvalue weighted by Crippen LogP contribution is -2.41. The second-order valence-corrected chi connectivity index (χ2v) is 19.2. The van der Waals surface area contributed by atoms with Crippen molar-refractivity contribution in [1.29, 1.82) is 0 Å². The molecule has 3 heteroatoms. The summed E-state index contributed by atoms with van der Waals surface area (Å²) in [7, 11) is -1.87. The van der Waals surface area contributed by atoms with E-state index in [0.29, 0.717) is 6.61 Å². The Morgan fingerprint density at radius 2 is 1.50 bits per heavy atom. The van der Waals surface area contributed by atoms with Gasteiger partial charge in [0.25, 0.3) is 0 Å². The van der Waals surface area contributed by atoms with Crippen LogP contribution in [0, 0.1) is 0 Å². The molecule has 1 aliphatic rings. The summed E-state index contributed by atoms with van der Waals surface area (Å²) >= 11 is 3.67. The van der Waals surface area contributed by atoms with Gasteiger partial charge < -0.3 is 4.43 Å². The van der Waals surface area contributed by atoms with E-state index in [1.165, 1.54) is 51.4 Å². The Hall–Kier alpha value is -1.68. The third-order valence-corrected chi connectivity index (χ3v) is 13.7. The fourth-order valence-electron chi connectivity index (χ4n) is 4.99. The minimum absolute atomic E-state index is 0.179. The van der Waals surface area contributed by atoms with Gasteiger partial charge in [0.15, 0.2) is 8.32 Å². The summed E-state index contributed by atoms with van der Waals surface area (Å²) in [6.45, 7) is 21.8. The minimum atomic E-state index is -1.87. The Balaban J connectivity index is 1.78. The van der Waals surface area contributed by atoms with Crippen LogP contribution in [0.2, 0.25) is 18.1 Å². The van der Waals surface area contributed by atoms with Crippen molar-refractivity contribution in [3.8, 4) is 0 Å². The third-order valence-electron chi connectivity index (χ3n) is 8.76. The lowest BCUT2D eigenvalue weighted by Gasteiger charge is -2.42. The first-order chi connectivity index (χ1) is 16.6. The summed E-state index contributed by atoms with van der Waals surface area (Å²) < 4.78 is 7.78. The first-order valence-electron chi connectivity index (χ1n) is 13.3. The van der Waals surface area contributed by atoms with Crippen LogP contribution in [0.5, 0.6) is 0 Å². The Labute approximate surface area is 228 Å². The zero-order valence-corrected chi connectivity index (χ0v) is 26.3. The topological polar surface area (TPSA) is 9.23 Å². The van der Waals surface area contributed by atoms with Gasteiger partial charge in [0.2, 0.25) is 0 Å². The van der Waals surface area contributed by atoms with Crippen molar-refractivity contribution in [3.63, 3.8) is 0 Å². The van der Waals surface area contributed by atoms with Crippen LogP contribution >= 0.6 is 15.9 Å². The van der Waals surface area contributed by atoms with E-state index in [9.17, 15) is 0 Å². The standard InChI is InChI=1S/C33H43BrOSi/c1-31(2,3)36(8,9)35-22-27(24-11-10-12-28(34)19-24)18-23-13-14-25-20-29-30(21-26(25)17-23)33(6,7)16-15-32(29,4)5/h10-14,17-21H,15-16,22H2,1-9H3. The Morgan fingerprint density at radius 3 is 2.08 bits per heavy atom. The number of hydrogen-bond acceptors (Lipinski definition) is 1. The second-order valence-electron chi connectivity index (χ2n) is 13.5. The van der Waals surface area contributed by atoms with Gasteiger partial charge in [0.05, 0.1) is 6.61 Å². The smallest absolute Gasteiger partial charge is 0.192 e. The van der Waals surface area contributed by atoms with E-state index < -0.39 is 8.32 Å². The predicted molar refractivity (Wildman–Crippen MR) is 164 cm³/mol. The molecule has 0 aromatic heterocycles. The largest absolute Gasteiger partial charge is 0.413 e. The molecule has 0 bridgehead atoms. The van der Waals surface area contributed by atoms with Crippen molar-refractivity contribution in [2.45, 2.75) is 90.3 Å². The summed E-state index contributed by atoms with van der Waals surface area (Å²) in [5, 5.41) is 2.84. The summed E-state index contributed by atoms with van der Waals surface area (Å²) in [5.74, 6) is 0. The minimum Gasteiger partial charge on any atom is -0.413 e. The normalized spacial score (nSPS) is 17.8. The number of halogens is 1. The molecule has 0 unspecified atom stereocenters. The number of fused-ring (bicyclic) bond motifs is 2. The first-order valence-corrected chi connectivity index (χ1v) is 17.0. The molecule has 3 aromatic carbocycles. The van der Waals surface area contributed by atoms with E-state index in [-0.39, 0.29) is 15.9 Å². The SMILES string of the molecule is CC1(C)CCC(C)(C)c2cc3cc(C=C(CO[Si](C)(C)C(C)(C)C)c4cccc(Br)c4)ccc3cc21. The summed E-state index contributed by atoms with van der Waals surface area (Å²) in [4.78, 5) is 0. The molecule has 1 aliphatic carbocycles. The van der Waals surface area contributed by atoms with Crippen LogP contribution in [-0.4, -0.2) is 14.9 Å².